The average Bonchev–Trinajstić information content (AvgIpc) is 3.05. The zero-order chi connectivity index (χ0) is 20.0. The molecule has 0 unspecified atom stereocenters. The van der Waals surface area contributed by atoms with E-state index >= 15 is 0 Å². The van der Waals surface area contributed by atoms with Crippen LogP contribution >= 0.6 is 11.3 Å². The highest BCUT2D eigenvalue weighted by molar-refractivity contribution is 7.89. The minimum atomic E-state index is -3.78. The summed E-state index contributed by atoms with van der Waals surface area (Å²) < 4.78 is 31.0. The summed E-state index contributed by atoms with van der Waals surface area (Å²) in [5.74, 6) is -1.05. The molecule has 1 amide bonds. The van der Waals surface area contributed by atoms with Gasteiger partial charge in [-0.3, -0.25) is 4.79 Å². The number of rotatable bonds is 8. The number of anilines is 1. The first-order valence-corrected chi connectivity index (χ1v) is 10.7. The van der Waals surface area contributed by atoms with Gasteiger partial charge in [-0.2, -0.15) is 4.31 Å². The third-order valence-corrected chi connectivity index (χ3v) is 6.71. The zero-order valence-corrected chi connectivity index (χ0v) is 17.0. The predicted octanol–water partition coefficient (Wildman–Crippen LogP) is 2.75. The summed E-state index contributed by atoms with van der Waals surface area (Å²) in [5.41, 5.74) is 0.278. The van der Waals surface area contributed by atoms with Gasteiger partial charge in [0.15, 0.2) is 0 Å². The Hall–Kier alpha value is -2.23. The van der Waals surface area contributed by atoms with Crippen LogP contribution in [0.15, 0.2) is 41.3 Å². The van der Waals surface area contributed by atoms with Crippen LogP contribution in [0, 0.1) is 0 Å². The van der Waals surface area contributed by atoms with E-state index in [2.05, 4.69) is 5.32 Å². The molecule has 0 saturated carbocycles. The number of hydrogen-bond donors (Lipinski definition) is 1. The molecule has 1 aromatic heterocycles. The number of hydrogen-bond acceptors (Lipinski definition) is 6. The molecule has 27 heavy (non-hydrogen) atoms. The summed E-state index contributed by atoms with van der Waals surface area (Å²) in [6.07, 6.45) is 0.704. The summed E-state index contributed by atoms with van der Waals surface area (Å²) in [6.45, 7) is 3.49. The van der Waals surface area contributed by atoms with E-state index in [1.165, 1.54) is 30.5 Å². The van der Waals surface area contributed by atoms with Crippen molar-refractivity contribution >= 4 is 38.2 Å². The first-order valence-electron chi connectivity index (χ1n) is 8.40. The van der Waals surface area contributed by atoms with Gasteiger partial charge in [-0.25, -0.2) is 13.2 Å². The maximum atomic E-state index is 12.5. The Morgan fingerprint density at radius 2 is 1.85 bits per heavy atom. The minimum Gasteiger partial charge on any atom is -0.462 e. The number of nitrogens with zero attached hydrogens (tertiary/aromatic N) is 1. The van der Waals surface area contributed by atoms with Crippen LogP contribution in [0.4, 0.5) is 5.00 Å². The molecule has 0 saturated heterocycles. The lowest BCUT2D eigenvalue weighted by Crippen LogP contribution is -2.35. The molecule has 2 rings (SSSR count). The number of carbonyl (C=O) groups is 2. The van der Waals surface area contributed by atoms with Crippen LogP contribution in [0.1, 0.15) is 29.1 Å². The van der Waals surface area contributed by atoms with Crippen LogP contribution in [0.25, 0.3) is 0 Å². The van der Waals surface area contributed by atoms with Crippen LogP contribution in [0.2, 0.25) is 0 Å². The Labute approximate surface area is 163 Å². The number of thiophene rings is 1. The molecule has 0 aliphatic carbocycles. The van der Waals surface area contributed by atoms with Crippen LogP contribution < -0.4 is 5.32 Å². The van der Waals surface area contributed by atoms with Crippen molar-refractivity contribution in [1.29, 1.82) is 0 Å². The molecule has 146 valence electrons. The smallest absolute Gasteiger partial charge is 0.341 e. The zero-order valence-electron chi connectivity index (χ0n) is 15.4. The minimum absolute atomic E-state index is 0.108. The number of aryl methyl sites for hydroxylation is 1. The number of ether oxygens (including phenoxy) is 1. The number of likely N-dealkylation sites (N-methyl/N-ethyl adjacent to an activating group) is 1. The number of nitrogens with one attached hydrogen (secondary N) is 1. The summed E-state index contributed by atoms with van der Waals surface area (Å²) in [4.78, 5) is 25.5. The standard InChI is InChI=1S/C18H22N2O5S2/c1-4-13-11-15(18(22)25-5-2)17(26-13)19-16(21)12-20(3)27(23,24)14-9-7-6-8-10-14/h6-11H,4-5,12H2,1-3H3,(H,19,21). The molecular weight excluding hydrogens is 388 g/mol. The Morgan fingerprint density at radius 1 is 1.19 bits per heavy atom. The van der Waals surface area contributed by atoms with Gasteiger partial charge in [-0.1, -0.05) is 25.1 Å². The van der Waals surface area contributed by atoms with E-state index in [0.29, 0.717) is 11.4 Å². The van der Waals surface area contributed by atoms with Crippen LogP contribution in [0.5, 0.6) is 0 Å². The van der Waals surface area contributed by atoms with E-state index in [4.69, 9.17) is 4.74 Å². The number of amides is 1. The van der Waals surface area contributed by atoms with Crippen molar-refractivity contribution in [3.8, 4) is 0 Å². The maximum absolute atomic E-state index is 12.5. The van der Waals surface area contributed by atoms with E-state index in [1.807, 2.05) is 6.92 Å². The third-order valence-electron chi connectivity index (χ3n) is 3.70. The lowest BCUT2D eigenvalue weighted by atomic mass is 10.2. The maximum Gasteiger partial charge on any atom is 0.341 e. The van der Waals surface area contributed by atoms with E-state index in [9.17, 15) is 18.0 Å². The molecule has 9 heteroatoms. The van der Waals surface area contributed by atoms with Crippen LogP contribution in [-0.2, 0) is 26.0 Å². The number of esters is 1. The fourth-order valence-corrected chi connectivity index (χ4v) is 4.44. The van der Waals surface area contributed by atoms with Crippen molar-refractivity contribution in [3.05, 3.63) is 46.8 Å². The van der Waals surface area contributed by atoms with Crippen molar-refractivity contribution in [1.82, 2.24) is 4.31 Å². The third kappa shape index (κ3) is 5.15. The SMILES string of the molecule is CCOC(=O)c1cc(CC)sc1NC(=O)CN(C)S(=O)(=O)c1ccccc1. The molecule has 0 fully saturated rings. The Kier molecular flexibility index (Phi) is 7.11. The fraction of sp³-hybridized carbons (Fsp3) is 0.333. The highest BCUT2D eigenvalue weighted by atomic mass is 32.2. The molecule has 0 aliphatic rings. The first-order chi connectivity index (χ1) is 12.8. The van der Waals surface area contributed by atoms with E-state index in [-0.39, 0.29) is 23.6 Å². The van der Waals surface area contributed by atoms with Gasteiger partial charge in [0.25, 0.3) is 0 Å². The van der Waals surface area contributed by atoms with Gasteiger partial charge in [0.1, 0.15) is 5.00 Å². The fourth-order valence-electron chi connectivity index (χ4n) is 2.30. The lowest BCUT2D eigenvalue weighted by Gasteiger charge is -2.16. The van der Waals surface area contributed by atoms with Crippen molar-refractivity contribution in [2.75, 3.05) is 25.5 Å². The summed E-state index contributed by atoms with van der Waals surface area (Å²) in [6, 6.07) is 9.56. The van der Waals surface area contributed by atoms with Gasteiger partial charge < -0.3 is 10.1 Å². The first kappa shape index (κ1) is 21.1. The van der Waals surface area contributed by atoms with Gasteiger partial charge in [-0.05, 0) is 31.5 Å². The molecule has 1 N–H and O–H groups in total. The van der Waals surface area contributed by atoms with Crippen molar-refractivity contribution < 1.29 is 22.7 Å². The summed E-state index contributed by atoms with van der Waals surface area (Å²) >= 11 is 1.27. The second kappa shape index (κ2) is 9.12. The van der Waals surface area contributed by atoms with Gasteiger partial charge >= 0.3 is 5.97 Å². The summed E-state index contributed by atoms with van der Waals surface area (Å²) in [5, 5.41) is 2.99. The largest absolute Gasteiger partial charge is 0.462 e. The quantitative estimate of drug-likeness (QED) is 0.676. The highest BCUT2D eigenvalue weighted by Gasteiger charge is 2.24. The Balaban J connectivity index is 2.14. The second-order valence-corrected chi connectivity index (χ2v) is 8.83. The van der Waals surface area contributed by atoms with Crippen molar-refractivity contribution in [3.63, 3.8) is 0 Å². The van der Waals surface area contributed by atoms with E-state index in [0.717, 1.165) is 9.18 Å². The Morgan fingerprint density at radius 3 is 2.44 bits per heavy atom. The lowest BCUT2D eigenvalue weighted by molar-refractivity contribution is -0.116. The second-order valence-electron chi connectivity index (χ2n) is 5.65. The monoisotopic (exact) mass is 410 g/mol. The Bertz CT molecular complexity index is 907. The normalized spacial score (nSPS) is 11.4. The van der Waals surface area contributed by atoms with E-state index < -0.39 is 21.9 Å². The number of sulfonamides is 1. The van der Waals surface area contributed by atoms with Crippen molar-refractivity contribution in [2.24, 2.45) is 0 Å². The van der Waals surface area contributed by atoms with E-state index in [1.54, 1.807) is 31.2 Å². The van der Waals surface area contributed by atoms with Gasteiger partial charge in [-0.15, -0.1) is 11.3 Å². The van der Waals surface area contributed by atoms with Gasteiger partial charge in [0.2, 0.25) is 15.9 Å². The number of benzene rings is 1. The predicted molar refractivity (Wildman–Crippen MR) is 105 cm³/mol. The molecule has 1 heterocycles. The molecular formula is C18H22N2O5S2. The average molecular weight is 411 g/mol. The molecule has 0 radical (unpaired) electrons. The molecule has 1 aromatic carbocycles. The molecule has 7 nitrogen and oxygen atoms in total. The van der Waals surface area contributed by atoms with Crippen LogP contribution in [0.3, 0.4) is 0 Å². The summed E-state index contributed by atoms with van der Waals surface area (Å²) in [7, 11) is -2.44. The molecule has 2 aromatic rings. The highest BCUT2D eigenvalue weighted by Crippen LogP contribution is 2.29. The topological polar surface area (TPSA) is 92.8 Å². The molecule has 0 spiro atoms. The van der Waals surface area contributed by atoms with Crippen LogP contribution in [-0.4, -0.2) is 44.8 Å². The van der Waals surface area contributed by atoms with Gasteiger partial charge in [0, 0.05) is 11.9 Å². The molecule has 0 bridgehead atoms. The molecule has 0 aliphatic heterocycles. The number of carbonyl (C=O) groups excluding carboxylic acids is 2. The molecule has 0 atom stereocenters. The van der Waals surface area contributed by atoms with Gasteiger partial charge in [0.05, 0.1) is 23.6 Å². The van der Waals surface area contributed by atoms with Crippen molar-refractivity contribution in [2.45, 2.75) is 25.2 Å².